The third-order valence-corrected chi connectivity index (χ3v) is 5.72. The van der Waals surface area contributed by atoms with Gasteiger partial charge in [-0.25, -0.2) is 18.2 Å². The number of halogens is 1. The van der Waals surface area contributed by atoms with Crippen molar-refractivity contribution in [1.29, 1.82) is 0 Å². The Hall–Kier alpha value is -3.52. The maximum absolute atomic E-state index is 13.1. The summed E-state index contributed by atoms with van der Waals surface area (Å²) in [5.41, 5.74) is 3.24. The number of hydrogen-bond acceptors (Lipinski definition) is 4. The van der Waals surface area contributed by atoms with Crippen molar-refractivity contribution in [3.63, 3.8) is 0 Å². The third kappa shape index (κ3) is 5.26. The van der Waals surface area contributed by atoms with E-state index in [1.54, 1.807) is 48.5 Å². The summed E-state index contributed by atoms with van der Waals surface area (Å²) in [6.07, 6.45) is 1.34. The minimum Gasteiger partial charge on any atom is -0.271 e. The van der Waals surface area contributed by atoms with Crippen LogP contribution in [0.3, 0.4) is 0 Å². The zero-order valence-corrected chi connectivity index (χ0v) is 16.1. The summed E-state index contributed by atoms with van der Waals surface area (Å²) in [5, 5.41) is 3.80. The van der Waals surface area contributed by atoms with E-state index in [0.29, 0.717) is 11.3 Å². The third-order valence-electron chi connectivity index (χ3n) is 3.94. The fourth-order valence-electron chi connectivity index (χ4n) is 2.52. The fraction of sp³-hybridized carbons (Fsp3) is 0.0476. The maximum atomic E-state index is 13.1. The highest BCUT2D eigenvalue weighted by atomic mass is 32.2. The minimum atomic E-state index is -3.95. The van der Waals surface area contributed by atoms with Crippen LogP contribution in [-0.2, 0) is 14.8 Å². The number of amides is 1. The van der Waals surface area contributed by atoms with Crippen LogP contribution in [0.25, 0.3) is 0 Å². The van der Waals surface area contributed by atoms with Gasteiger partial charge in [0.25, 0.3) is 15.9 Å². The lowest BCUT2D eigenvalue weighted by molar-refractivity contribution is -0.119. The molecule has 1 N–H and O–H groups in total. The van der Waals surface area contributed by atoms with E-state index in [-0.39, 0.29) is 10.7 Å². The van der Waals surface area contributed by atoms with Crippen molar-refractivity contribution < 1.29 is 17.6 Å². The molecule has 0 aromatic heterocycles. The number of nitrogens with zero attached hydrogens (tertiary/aromatic N) is 2. The van der Waals surface area contributed by atoms with Crippen LogP contribution >= 0.6 is 0 Å². The van der Waals surface area contributed by atoms with Crippen LogP contribution in [0.1, 0.15) is 5.56 Å². The lowest BCUT2D eigenvalue weighted by Gasteiger charge is -2.23. The molecule has 0 radical (unpaired) electrons. The Balaban J connectivity index is 1.78. The first kappa shape index (κ1) is 20.2. The maximum Gasteiger partial charge on any atom is 0.264 e. The summed E-state index contributed by atoms with van der Waals surface area (Å²) in [6.45, 7) is -0.456. The lowest BCUT2D eigenvalue weighted by atomic mass is 10.2. The predicted molar refractivity (Wildman–Crippen MR) is 110 cm³/mol. The Morgan fingerprint density at radius 2 is 1.52 bits per heavy atom. The van der Waals surface area contributed by atoms with Gasteiger partial charge in [0.2, 0.25) is 0 Å². The largest absolute Gasteiger partial charge is 0.271 e. The molecule has 0 atom stereocenters. The zero-order valence-electron chi connectivity index (χ0n) is 15.3. The van der Waals surface area contributed by atoms with Gasteiger partial charge in [-0.3, -0.25) is 9.10 Å². The minimum absolute atomic E-state index is 0.0754. The van der Waals surface area contributed by atoms with Gasteiger partial charge in [-0.15, -0.1) is 0 Å². The Bertz CT molecular complexity index is 1090. The van der Waals surface area contributed by atoms with Crippen LogP contribution in [0.4, 0.5) is 10.1 Å². The summed E-state index contributed by atoms with van der Waals surface area (Å²) >= 11 is 0. The second-order valence-corrected chi connectivity index (χ2v) is 7.87. The van der Waals surface area contributed by atoms with Crippen LogP contribution in [0.15, 0.2) is 94.9 Å². The molecule has 0 spiro atoms. The molecule has 0 fully saturated rings. The van der Waals surface area contributed by atoms with Crippen molar-refractivity contribution >= 4 is 27.8 Å². The molecule has 0 unspecified atom stereocenters. The molecule has 0 saturated heterocycles. The topological polar surface area (TPSA) is 78.8 Å². The predicted octanol–water partition coefficient (Wildman–Crippen LogP) is 3.17. The highest BCUT2D eigenvalue weighted by Gasteiger charge is 2.26. The monoisotopic (exact) mass is 411 g/mol. The first-order valence-corrected chi connectivity index (χ1v) is 10.1. The summed E-state index contributed by atoms with van der Waals surface area (Å²) in [4.78, 5) is 12.4. The SMILES string of the molecule is O=C(CN(c1ccccc1)S(=O)(=O)c1ccccc1)N/N=C/c1ccc(F)cc1. The quantitative estimate of drug-likeness (QED) is 0.479. The van der Waals surface area contributed by atoms with Gasteiger partial charge in [0.1, 0.15) is 12.4 Å². The highest BCUT2D eigenvalue weighted by Crippen LogP contribution is 2.23. The smallest absolute Gasteiger partial charge is 0.264 e. The Morgan fingerprint density at radius 3 is 2.14 bits per heavy atom. The summed E-state index contributed by atoms with van der Waals surface area (Å²) in [5.74, 6) is -0.998. The van der Waals surface area contributed by atoms with E-state index in [1.807, 2.05) is 0 Å². The molecular formula is C21H18FN3O3S. The number of carbonyl (C=O) groups excluding carboxylic acids is 1. The molecule has 3 rings (SSSR count). The van der Waals surface area contributed by atoms with Crippen LogP contribution in [0, 0.1) is 5.82 Å². The molecule has 0 aliphatic rings. The van der Waals surface area contributed by atoms with Crippen molar-refractivity contribution in [2.24, 2.45) is 5.10 Å². The standard InChI is InChI=1S/C21H18FN3O3S/c22-18-13-11-17(12-14-18)15-23-24-21(26)16-25(19-7-3-1-4-8-19)29(27,28)20-9-5-2-6-10-20/h1-15H,16H2,(H,24,26)/b23-15+. The van der Waals surface area contributed by atoms with E-state index >= 15 is 0 Å². The van der Waals surface area contributed by atoms with Gasteiger partial charge < -0.3 is 0 Å². The van der Waals surface area contributed by atoms with Crippen molar-refractivity contribution in [1.82, 2.24) is 5.43 Å². The van der Waals surface area contributed by atoms with Gasteiger partial charge in [-0.05, 0) is 42.0 Å². The molecule has 0 aliphatic heterocycles. The molecule has 1 amide bonds. The number of carbonyl (C=O) groups is 1. The normalized spacial score (nSPS) is 11.3. The summed E-state index contributed by atoms with van der Waals surface area (Å²) in [7, 11) is -3.95. The van der Waals surface area contributed by atoms with E-state index in [2.05, 4.69) is 10.5 Å². The Morgan fingerprint density at radius 1 is 0.931 bits per heavy atom. The number of nitrogens with one attached hydrogen (secondary N) is 1. The summed E-state index contributed by atoms with van der Waals surface area (Å²) < 4.78 is 40.1. The van der Waals surface area contributed by atoms with Crippen molar-refractivity contribution in [2.45, 2.75) is 4.90 Å². The molecule has 0 saturated carbocycles. The van der Waals surface area contributed by atoms with Gasteiger partial charge in [-0.2, -0.15) is 5.10 Å². The number of sulfonamides is 1. The van der Waals surface area contributed by atoms with E-state index in [0.717, 1.165) is 4.31 Å². The van der Waals surface area contributed by atoms with Crippen molar-refractivity contribution in [2.75, 3.05) is 10.8 Å². The fourth-order valence-corrected chi connectivity index (χ4v) is 3.96. The zero-order chi connectivity index (χ0) is 20.7. The number of para-hydroxylation sites is 1. The number of hydrogen-bond donors (Lipinski definition) is 1. The van der Waals surface area contributed by atoms with Crippen LogP contribution in [0.2, 0.25) is 0 Å². The van der Waals surface area contributed by atoms with Gasteiger partial charge in [-0.1, -0.05) is 48.5 Å². The Kier molecular flexibility index (Phi) is 6.36. The van der Waals surface area contributed by atoms with Gasteiger partial charge >= 0.3 is 0 Å². The van der Waals surface area contributed by atoms with E-state index < -0.39 is 22.5 Å². The molecule has 0 aliphatic carbocycles. The number of benzene rings is 3. The van der Waals surface area contributed by atoms with E-state index in [4.69, 9.17) is 0 Å². The van der Waals surface area contributed by atoms with E-state index in [9.17, 15) is 17.6 Å². The molecule has 6 nitrogen and oxygen atoms in total. The lowest BCUT2D eigenvalue weighted by Crippen LogP contribution is -2.39. The average molecular weight is 411 g/mol. The van der Waals surface area contributed by atoms with Crippen molar-refractivity contribution in [3.8, 4) is 0 Å². The molecule has 29 heavy (non-hydrogen) atoms. The molecule has 3 aromatic rings. The highest BCUT2D eigenvalue weighted by molar-refractivity contribution is 7.92. The first-order valence-electron chi connectivity index (χ1n) is 8.67. The molecule has 0 heterocycles. The van der Waals surface area contributed by atoms with E-state index in [1.165, 1.54) is 42.6 Å². The number of anilines is 1. The number of rotatable bonds is 7. The number of hydrazone groups is 1. The second-order valence-electron chi connectivity index (χ2n) is 6.01. The molecule has 0 bridgehead atoms. The van der Waals surface area contributed by atoms with Gasteiger partial charge in [0, 0.05) is 0 Å². The van der Waals surface area contributed by atoms with Crippen LogP contribution < -0.4 is 9.73 Å². The Labute approximate surface area is 168 Å². The first-order chi connectivity index (χ1) is 14.0. The second kappa shape index (κ2) is 9.11. The van der Waals surface area contributed by atoms with Crippen molar-refractivity contribution in [3.05, 3.63) is 96.3 Å². The molecule has 3 aromatic carbocycles. The summed E-state index contributed by atoms with van der Waals surface area (Å²) in [6, 6.07) is 21.8. The average Bonchev–Trinajstić information content (AvgIpc) is 2.74. The van der Waals surface area contributed by atoms with Crippen LogP contribution in [-0.4, -0.2) is 27.1 Å². The molecular weight excluding hydrogens is 393 g/mol. The van der Waals surface area contributed by atoms with Crippen LogP contribution in [0.5, 0.6) is 0 Å². The van der Waals surface area contributed by atoms with Gasteiger partial charge in [0.05, 0.1) is 16.8 Å². The molecule has 148 valence electrons. The van der Waals surface area contributed by atoms with Gasteiger partial charge in [0.15, 0.2) is 0 Å². The molecule has 8 heteroatoms.